The molecule has 2 unspecified atom stereocenters. The van der Waals surface area contributed by atoms with Gasteiger partial charge in [0, 0.05) is 18.4 Å². The van der Waals surface area contributed by atoms with Crippen molar-refractivity contribution >= 4 is 0 Å². The largest absolute Gasteiger partial charge is 0.493 e. The summed E-state index contributed by atoms with van der Waals surface area (Å²) in [5.41, 5.74) is 5.48. The fourth-order valence-electron chi connectivity index (χ4n) is 5.53. The Kier molecular flexibility index (Phi) is 6.07. The molecule has 0 aliphatic carbocycles. The highest BCUT2D eigenvalue weighted by molar-refractivity contribution is 5.53. The predicted octanol–water partition coefficient (Wildman–Crippen LogP) is 4.94. The highest BCUT2D eigenvalue weighted by atomic mass is 16.5. The molecule has 5 heteroatoms. The highest BCUT2D eigenvalue weighted by Crippen LogP contribution is 2.50. The van der Waals surface area contributed by atoms with Crippen molar-refractivity contribution in [2.24, 2.45) is 5.92 Å². The summed E-state index contributed by atoms with van der Waals surface area (Å²) in [5, 5.41) is 0. The molecule has 0 fully saturated rings. The van der Waals surface area contributed by atoms with Crippen LogP contribution in [0.5, 0.6) is 23.0 Å². The van der Waals surface area contributed by atoms with Gasteiger partial charge in [-0.3, -0.25) is 0 Å². The number of hydrogen-bond acceptors (Lipinski definition) is 4. The zero-order chi connectivity index (χ0) is 22.2. The van der Waals surface area contributed by atoms with E-state index in [1.165, 1.54) is 28.7 Å². The zero-order valence-corrected chi connectivity index (χ0v) is 19.8. The van der Waals surface area contributed by atoms with Gasteiger partial charge in [-0.25, -0.2) is 0 Å². The van der Waals surface area contributed by atoms with Crippen molar-refractivity contribution in [3.8, 4) is 23.0 Å². The van der Waals surface area contributed by atoms with Gasteiger partial charge in [-0.1, -0.05) is 19.9 Å². The Hall–Kier alpha value is -2.40. The number of ether oxygens (including phenoxy) is 4. The van der Waals surface area contributed by atoms with Crippen LogP contribution in [-0.2, 0) is 19.4 Å². The number of rotatable bonds is 7. The number of nitrogens with zero attached hydrogens (tertiary/aromatic N) is 1. The molecule has 5 nitrogen and oxygen atoms in total. The second-order valence-corrected chi connectivity index (χ2v) is 9.32. The second kappa shape index (κ2) is 8.62. The average Bonchev–Trinajstić information content (AvgIpc) is 2.79. The Labute approximate surface area is 186 Å². The molecular weight excluding hydrogens is 390 g/mol. The van der Waals surface area contributed by atoms with Crippen molar-refractivity contribution in [3.63, 3.8) is 0 Å². The standard InChI is InChI=1S/C26H36NO4/c1-17(2)9-11-27-12-10-19-14-24(29-4)25(30-5)15-20(19)22(27)13-18-7-8-23(28-3)26(31-6)21(18)16-27/h7-8,14-15,17,22H,9-13,16H2,1-6H3/q+1. The maximum Gasteiger partial charge on any atom is 0.169 e. The highest BCUT2D eigenvalue weighted by Gasteiger charge is 2.47. The van der Waals surface area contributed by atoms with Gasteiger partial charge in [-0.2, -0.15) is 0 Å². The van der Waals surface area contributed by atoms with Gasteiger partial charge in [0.25, 0.3) is 0 Å². The number of benzene rings is 2. The molecule has 0 spiro atoms. The van der Waals surface area contributed by atoms with Gasteiger partial charge in [-0.15, -0.1) is 0 Å². The van der Waals surface area contributed by atoms with E-state index in [-0.39, 0.29) is 0 Å². The van der Waals surface area contributed by atoms with E-state index in [0.717, 1.165) is 60.0 Å². The first-order valence-corrected chi connectivity index (χ1v) is 11.3. The van der Waals surface area contributed by atoms with Crippen molar-refractivity contribution in [2.75, 3.05) is 41.5 Å². The molecule has 168 valence electrons. The van der Waals surface area contributed by atoms with Crippen LogP contribution in [0.25, 0.3) is 0 Å². The van der Waals surface area contributed by atoms with E-state index in [0.29, 0.717) is 12.0 Å². The third-order valence-corrected chi connectivity index (χ3v) is 7.28. The molecule has 4 rings (SSSR count). The van der Waals surface area contributed by atoms with Crippen LogP contribution in [0.3, 0.4) is 0 Å². The van der Waals surface area contributed by atoms with Crippen molar-refractivity contribution in [1.82, 2.24) is 0 Å². The molecule has 0 saturated heterocycles. The smallest absolute Gasteiger partial charge is 0.169 e. The molecule has 0 amide bonds. The van der Waals surface area contributed by atoms with Gasteiger partial charge in [0.05, 0.1) is 47.1 Å². The number of quaternary nitrogens is 1. The molecule has 2 aliphatic heterocycles. The fraction of sp³-hybridized carbons (Fsp3) is 0.538. The van der Waals surface area contributed by atoms with Crippen LogP contribution in [0.15, 0.2) is 24.3 Å². The molecule has 31 heavy (non-hydrogen) atoms. The van der Waals surface area contributed by atoms with E-state index in [9.17, 15) is 0 Å². The number of fused-ring (bicyclic) bond motifs is 4. The van der Waals surface area contributed by atoms with Crippen LogP contribution >= 0.6 is 0 Å². The molecule has 2 heterocycles. The minimum absolute atomic E-state index is 0.410. The Morgan fingerprint density at radius 3 is 2.26 bits per heavy atom. The fourth-order valence-corrected chi connectivity index (χ4v) is 5.53. The second-order valence-electron chi connectivity index (χ2n) is 9.32. The summed E-state index contributed by atoms with van der Waals surface area (Å²) in [6.45, 7) is 7.90. The maximum absolute atomic E-state index is 5.85. The first-order valence-electron chi connectivity index (χ1n) is 11.3. The molecule has 2 aliphatic rings. The van der Waals surface area contributed by atoms with Crippen LogP contribution in [0.2, 0.25) is 0 Å². The summed E-state index contributed by atoms with van der Waals surface area (Å²) in [6.07, 6.45) is 3.25. The van der Waals surface area contributed by atoms with Crippen molar-refractivity contribution in [1.29, 1.82) is 0 Å². The van der Waals surface area contributed by atoms with Crippen LogP contribution in [-0.4, -0.2) is 46.0 Å². The topological polar surface area (TPSA) is 36.9 Å². The molecule has 0 N–H and O–H groups in total. The maximum atomic E-state index is 5.85. The van der Waals surface area contributed by atoms with E-state index in [1.807, 2.05) is 6.07 Å². The van der Waals surface area contributed by atoms with Crippen LogP contribution in [0.4, 0.5) is 0 Å². The predicted molar refractivity (Wildman–Crippen MR) is 122 cm³/mol. The first-order chi connectivity index (χ1) is 15.0. The molecule has 0 bridgehead atoms. The average molecular weight is 427 g/mol. The molecule has 2 aromatic carbocycles. The van der Waals surface area contributed by atoms with Crippen molar-refractivity contribution in [2.45, 2.75) is 45.7 Å². The lowest BCUT2D eigenvalue weighted by Gasteiger charge is -2.52. The zero-order valence-electron chi connectivity index (χ0n) is 19.8. The minimum atomic E-state index is 0.410. The molecule has 0 saturated carbocycles. The van der Waals surface area contributed by atoms with Gasteiger partial charge in [0.15, 0.2) is 23.0 Å². The van der Waals surface area contributed by atoms with E-state index >= 15 is 0 Å². The van der Waals surface area contributed by atoms with Crippen LogP contribution in [0, 0.1) is 5.92 Å². The van der Waals surface area contributed by atoms with Gasteiger partial charge >= 0.3 is 0 Å². The van der Waals surface area contributed by atoms with E-state index in [1.54, 1.807) is 28.4 Å². The summed E-state index contributed by atoms with van der Waals surface area (Å²) < 4.78 is 23.8. The van der Waals surface area contributed by atoms with Gasteiger partial charge < -0.3 is 23.4 Å². The van der Waals surface area contributed by atoms with Crippen LogP contribution < -0.4 is 18.9 Å². The summed E-state index contributed by atoms with van der Waals surface area (Å²) >= 11 is 0. The minimum Gasteiger partial charge on any atom is -0.493 e. The Bertz CT molecular complexity index is 955. The van der Waals surface area contributed by atoms with Gasteiger partial charge in [-0.05, 0) is 41.7 Å². The summed E-state index contributed by atoms with van der Waals surface area (Å²) in [7, 11) is 6.91. The lowest BCUT2D eigenvalue weighted by atomic mass is 9.80. The summed E-state index contributed by atoms with van der Waals surface area (Å²) in [4.78, 5) is 0. The number of methoxy groups -OCH3 is 4. The molecular formula is C26H36NO4+. The van der Waals surface area contributed by atoms with Gasteiger partial charge in [0.2, 0.25) is 0 Å². The SMILES string of the molecule is COc1cc2c(cc1OC)C1Cc3ccc(OC)c(OC)c3C[N+]1(CCC(C)C)CC2. The van der Waals surface area contributed by atoms with E-state index in [4.69, 9.17) is 18.9 Å². The third-order valence-electron chi connectivity index (χ3n) is 7.28. The normalized spacial score (nSPS) is 21.7. The molecule has 0 radical (unpaired) electrons. The molecule has 0 aromatic heterocycles. The first kappa shape index (κ1) is 21.8. The quantitative estimate of drug-likeness (QED) is 0.588. The van der Waals surface area contributed by atoms with Crippen molar-refractivity contribution < 1.29 is 23.4 Å². The van der Waals surface area contributed by atoms with Crippen molar-refractivity contribution in [3.05, 3.63) is 46.5 Å². The Morgan fingerprint density at radius 2 is 1.61 bits per heavy atom. The molecule has 2 atom stereocenters. The Balaban J connectivity index is 1.85. The third kappa shape index (κ3) is 3.73. The lowest BCUT2D eigenvalue weighted by Crippen LogP contribution is -2.57. The van der Waals surface area contributed by atoms with E-state index in [2.05, 4.69) is 32.0 Å². The molecule has 2 aromatic rings. The monoisotopic (exact) mass is 426 g/mol. The van der Waals surface area contributed by atoms with Crippen LogP contribution in [0.1, 0.15) is 48.6 Å². The summed E-state index contributed by atoms with van der Waals surface area (Å²) in [5.74, 6) is 4.05. The Morgan fingerprint density at radius 1 is 0.903 bits per heavy atom. The lowest BCUT2D eigenvalue weighted by molar-refractivity contribution is -0.974. The van der Waals surface area contributed by atoms with Gasteiger partial charge in [0.1, 0.15) is 12.6 Å². The number of hydrogen-bond donors (Lipinski definition) is 0. The van der Waals surface area contributed by atoms with E-state index < -0.39 is 0 Å². The summed E-state index contributed by atoms with van der Waals surface area (Å²) in [6, 6.07) is 9.10.